The molecule has 16 heavy (non-hydrogen) atoms. The summed E-state index contributed by atoms with van der Waals surface area (Å²) in [6.45, 7) is 0.677. The molecule has 2 rings (SSSR count). The van der Waals surface area contributed by atoms with Gasteiger partial charge in [0.05, 0.1) is 12.2 Å². The molecule has 7 heteroatoms. The van der Waals surface area contributed by atoms with Gasteiger partial charge in [0.2, 0.25) is 0 Å². The number of carbonyl (C=O) groups excluding carboxylic acids is 1. The maximum absolute atomic E-state index is 10.9. The zero-order chi connectivity index (χ0) is 11.5. The van der Waals surface area contributed by atoms with E-state index in [1.54, 1.807) is 11.8 Å². The maximum Gasteiger partial charge on any atom is 0.254 e. The summed E-state index contributed by atoms with van der Waals surface area (Å²) in [6, 6.07) is 0. The maximum atomic E-state index is 10.9. The van der Waals surface area contributed by atoms with Crippen LogP contribution in [0, 0.1) is 0 Å². The van der Waals surface area contributed by atoms with Gasteiger partial charge < -0.3 is 16.2 Å². The second kappa shape index (κ2) is 4.67. The fourth-order valence-corrected chi connectivity index (χ4v) is 2.23. The molecule has 1 aliphatic rings. The van der Waals surface area contributed by atoms with Crippen LogP contribution < -0.4 is 11.5 Å². The highest BCUT2D eigenvalue weighted by Crippen LogP contribution is 2.24. The van der Waals surface area contributed by atoms with Crippen molar-refractivity contribution in [3.8, 4) is 0 Å². The molecule has 86 valence electrons. The highest BCUT2D eigenvalue weighted by Gasteiger charge is 2.20. The minimum Gasteiger partial charge on any atom is -0.383 e. The number of aromatic nitrogens is 2. The zero-order valence-corrected chi connectivity index (χ0v) is 9.37. The Morgan fingerprint density at radius 2 is 2.44 bits per heavy atom. The minimum absolute atomic E-state index is 0.108. The number of thioether (sulfide) groups is 1. The smallest absolute Gasteiger partial charge is 0.254 e. The molecule has 4 N–H and O–H groups in total. The van der Waals surface area contributed by atoms with Gasteiger partial charge in [0, 0.05) is 17.7 Å². The first kappa shape index (κ1) is 11.2. The van der Waals surface area contributed by atoms with Crippen LogP contribution in [0.4, 0.5) is 5.82 Å². The third kappa shape index (κ3) is 2.25. The van der Waals surface area contributed by atoms with Crippen LogP contribution in [0.3, 0.4) is 0 Å². The van der Waals surface area contributed by atoms with Gasteiger partial charge in [-0.2, -0.15) is 11.8 Å². The van der Waals surface area contributed by atoms with Crippen molar-refractivity contribution in [3.63, 3.8) is 0 Å². The molecule has 0 saturated carbocycles. The van der Waals surface area contributed by atoms with Gasteiger partial charge in [-0.3, -0.25) is 4.79 Å². The number of nitrogens with zero attached hydrogens (tertiary/aromatic N) is 2. The van der Waals surface area contributed by atoms with Crippen LogP contribution in [0.25, 0.3) is 0 Å². The van der Waals surface area contributed by atoms with E-state index in [9.17, 15) is 4.79 Å². The molecule has 0 bridgehead atoms. The first-order chi connectivity index (χ1) is 7.68. The van der Waals surface area contributed by atoms with Crippen LogP contribution in [0.1, 0.15) is 22.3 Å². The predicted molar refractivity (Wildman–Crippen MR) is 61.0 cm³/mol. The predicted octanol–water partition coefficient (Wildman–Crippen LogP) is -0.0378. The molecule has 1 unspecified atom stereocenters. The summed E-state index contributed by atoms with van der Waals surface area (Å²) in [5.74, 6) is 1.77. The van der Waals surface area contributed by atoms with Gasteiger partial charge in [-0.1, -0.05) is 0 Å². The van der Waals surface area contributed by atoms with E-state index in [1.807, 2.05) is 0 Å². The SMILES string of the molecule is NC(=O)c1cnc(C2CSCCO2)nc1N. The lowest BCUT2D eigenvalue weighted by Gasteiger charge is -2.21. The number of carbonyl (C=O) groups is 1. The Morgan fingerprint density at radius 3 is 3.00 bits per heavy atom. The van der Waals surface area contributed by atoms with E-state index >= 15 is 0 Å². The van der Waals surface area contributed by atoms with E-state index in [1.165, 1.54) is 6.20 Å². The summed E-state index contributed by atoms with van der Waals surface area (Å²) in [5.41, 5.74) is 10.9. The lowest BCUT2D eigenvalue weighted by Crippen LogP contribution is -2.21. The Bertz CT molecular complexity index is 406. The summed E-state index contributed by atoms with van der Waals surface area (Å²) in [5, 5.41) is 0. The van der Waals surface area contributed by atoms with E-state index in [2.05, 4.69) is 9.97 Å². The highest BCUT2D eigenvalue weighted by molar-refractivity contribution is 7.99. The van der Waals surface area contributed by atoms with Gasteiger partial charge in [0.15, 0.2) is 5.82 Å². The molecule has 0 aromatic carbocycles. The molecule has 1 fully saturated rings. The molecule has 6 nitrogen and oxygen atoms in total. The molecule has 0 aliphatic carbocycles. The molecular formula is C9H12N4O2S. The molecule has 0 radical (unpaired) electrons. The number of amides is 1. The number of nitrogens with two attached hydrogens (primary N) is 2. The second-order valence-electron chi connectivity index (χ2n) is 3.33. The van der Waals surface area contributed by atoms with Gasteiger partial charge in [-0.15, -0.1) is 0 Å². The van der Waals surface area contributed by atoms with E-state index in [-0.39, 0.29) is 17.5 Å². The Hall–Kier alpha value is -1.34. The first-order valence-electron chi connectivity index (χ1n) is 4.80. The normalized spacial score (nSPS) is 20.6. The minimum atomic E-state index is -0.622. The van der Waals surface area contributed by atoms with Crippen molar-refractivity contribution >= 4 is 23.5 Å². The topological polar surface area (TPSA) is 104 Å². The van der Waals surface area contributed by atoms with Gasteiger partial charge in [-0.25, -0.2) is 9.97 Å². The number of rotatable bonds is 2. The summed E-state index contributed by atoms with van der Waals surface area (Å²) in [6.07, 6.45) is 1.20. The molecule has 0 spiro atoms. The monoisotopic (exact) mass is 240 g/mol. The van der Waals surface area contributed by atoms with Crippen molar-refractivity contribution < 1.29 is 9.53 Å². The Labute approximate surface area is 96.8 Å². The van der Waals surface area contributed by atoms with Crippen molar-refractivity contribution in [1.29, 1.82) is 0 Å². The van der Waals surface area contributed by atoms with Crippen LogP contribution in [0.15, 0.2) is 6.20 Å². The standard InChI is InChI=1S/C9H12N4O2S/c10-7-5(8(11)14)3-12-9(13-7)6-4-16-2-1-15-6/h3,6H,1-2,4H2,(H2,11,14)(H2,10,12,13). The largest absolute Gasteiger partial charge is 0.383 e. The van der Waals surface area contributed by atoms with Crippen LogP contribution in [0.5, 0.6) is 0 Å². The zero-order valence-electron chi connectivity index (χ0n) is 8.55. The van der Waals surface area contributed by atoms with E-state index in [0.29, 0.717) is 12.4 Å². The van der Waals surface area contributed by atoms with Crippen molar-refractivity contribution in [1.82, 2.24) is 9.97 Å². The molecule has 1 aliphatic heterocycles. The molecule has 1 aromatic heterocycles. The molecule has 1 amide bonds. The number of primary amides is 1. The number of nitrogen functional groups attached to an aromatic ring is 1. The van der Waals surface area contributed by atoms with Crippen molar-refractivity contribution in [2.24, 2.45) is 5.73 Å². The van der Waals surface area contributed by atoms with Gasteiger partial charge in [0.1, 0.15) is 11.9 Å². The van der Waals surface area contributed by atoms with Gasteiger partial charge in [0.25, 0.3) is 5.91 Å². The average molecular weight is 240 g/mol. The molecular weight excluding hydrogens is 228 g/mol. The fraction of sp³-hybridized carbons (Fsp3) is 0.444. The molecule has 2 heterocycles. The van der Waals surface area contributed by atoms with Crippen molar-refractivity contribution in [2.45, 2.75) is 6.10 Å². The van der Waals surface area contributed by atoms with Gasteiger partial charge >= 0.3 is 0 Å². The third-order valence-corrected chi connectivity index (χ3v) is 3.20. The third-order valence-electron chi connectivity index (χ3n) is 2.21. The average Bonchev–Trinajstić information content (AvgIpc) is 2.29. The van der Waals surface area contributed by atoms with E-state index < -0.39 is 5.91 Å². The lowest BCUT2D eigenvalue weighted by atomic mass is 10.3. The van der Waals surface area contributed by atoms with Crippen LogP contribution in [-0.2, 0) is 4.74 Å². The van der Waals surface area contributed by atoms with E-state index in [0.717, 1.165) is 11.5 Å². The summed E-state index contributed by atoms with van der Waals surface area (Å²) in [4.78, 5) is 19.0. The van der Waals surface area contributed by atoms with Crippen molar-refractivity contribution in [3.05, 3.63) is 17.6 Å². The Balaban J connectivity index is 2.23. The van der Waals surface area contributed by atoms with Crippen LogP contribution >= 0.6 is 11.8 Å². The highest BCUT2D eigenvalue weighted by atomic mass is 32.2. The molecule has 1 atom stereocenters. The summed E-state index contributed by atoms with van der Waals surface area (Å²) < 4.78 is 5.50. The van der Waals surface area contributed by atoms with E-state index in [4.69, 9.17) is 16.2 Å². The quantitative estimate of drug-likeness (QED) is 0.751. The second-order valence-corrected chi connectivity index (χ2v) is 4.48. The number of anilines is 1. The summed E-state index contributed by atoms with van der Waals surface area (Å²) in [7, 11) is 0. The number of hydrogen-bond acceptors (Lipinski definition) is 6. The first-order valence-corrected chi connectivity index (χ1v) is 5.95. The lowest BCUT2D eigenvalue weighted by molar-refractivity contribution is 0.0694. The summed E-state index contributed by atoms with van der Waals surface area (Å²) >= 11 is 1.78. The van der Waals surface area contributed by atoms with Crippen LogP contribution in [0.2, 0.25) is 0 Å². The number of ether oxygens (including phenoxy) is 1. The number of hydrogen-bond donors (Lipinski definition) is 2. The molecule has 1 saturated heterocycles. The van der Waals surface area contributed by atoms with Crippen LogP contribution in [-0.4, -0.2) is 34.0 Å². The Morgan fingerprint density at radius 1 is 1.62 bits per heavy atom. The van der Waals surface area contributed by atoms with Gasteiger partial charge in [-0.05, 0) is 0 Å². The molecule has 1 aromatic rings. The Kier molecular flexibility index (Phi) is 3.25. The van der Waals surface area contributed by atoms with Crippen molar-refractivity contribution in [2.75, 3.05) is 23.8 Å². The fourth-order valence-electron chi connectivity index (χ4n) is 1.39.